The molecule has 0 bridgehead atoms. The fourth-order valence-corrected chi connectivity index (χ4v) is 2.78. The number of benzene rings is 1. The van der Waals surface area contributed by atoms with Crippen molar-refractivity contribution in [1.82, 2.24) is 14.9 Å². The predicted molar refractivity (Wildman–Crippen MR) is 80.7 cm³/mol. The lowest BCUT2D eigenvalue weighted by atomic mass is 9.94. The van der Waals surface area contributed by atoms with Crippen LogP contribution in [0.1, 0.15) is 35.7 Å². The normalized spacial score (nSPS) is 17.0. The van der Waals surface area contributed by atoms with Gasteiger partial charge in [0.2, 0.25) is 0 Å². The molecule has 3 rings (SSSR count). The van der Waals surface area contributed by atoms with E-state index in [1.165, 1.54) is 12.1 Å². The molecule has 1 fully saturated rings. The third-order valence-corrected chi connectivity index (χ3v) is 4.16. The van der Waals surface area contributed by atoms with Gasteiger partial charge in [-0.05, 0) is 50.7 Å². The van der Waals surface area contributed by atoms with Gasteiger partial charge in [-0.1, -0.05) is 12.1 Å². The fraction of sp³-hybridized carbons (Fsp3) is 0.412. The van der Waals surface area contributed by atoms with Crippen LogP contribution in [0.3, 0.4) is 0 Å². The van der Waals surface area contributed by atoms with Gasteiger partial charge < -0.3 is 4.90 Å². The van der Waals surface area contributed by atoms with Crippen LogP contribution in [-0.2, 0) is 6.42 Å². The molecule has 4 heteroatoms. The van der Waals surface area contributed by atoms with Gasteiger partial charge >= 0.3 is 0 Å². The summed E-state index contributed by atoms with van der Waals surface area (Å²) < 4.78 is 12.9. The number of likely N-dealkylation sites (tertiary alicyclic amines) is 1. The van der Waals surface area contributed by atoms with Crippen LogP contribution in [0.15, 0.2) is 36.7 Å². The third kappa shape index (κ3) is 3.64. The van der Waals surface area contributed by atoms with Crippen molar-refractivity contribution in [3.8, 4) is 0 Å². The first-order valence-electron chi connectivity index (χ1n) is 7.44. The maximum atomic E-state index is 12.9. The Morgan fingerprint density at radius 3 is 2.43 bits per heavy atom. The van der Waals surface area contributed by atoms with E-state index in [0.717, 1.165) is 42.9 Å². The molecule has 1 aromatic heterocycles. The maximum absolute atomic E-state index is 12.9. The van der Waals surface area contributed by atoms with Gasteiger partial charge in [0, 0.05) is 24.7 Å². The van der Waals surface area contributed by atoms with Crippen LogP contribution < -0.4 is 0 Å². The van der Waals surface area contributed by atoms with Gasteiger partial charge in [0.05, 0.1) is 11.4 Å². The van der Waals surface area contributed by atoms with Crippen LogP contribution in [0.4, 0.5) is 4.39 Å². The molecule has 0 amide bonds. The second-order valence-corrected chi connectivity index (χ2v) is 5.81. The Labute approximate surface area is 124 Å². The first-order chi connectivity index (χ1) is 10.2. The monoisotopic (exact) mass is 285 g/mol. The molecule has 0 unspecified atom stereocenters. The Balaban J connectivity index is 1.65. The number of nitrogens with zero attached hydrogens (tertiary/aromatic N) is 3. The minimum absolute atomic E-state index is 0.206. The highest BCUT2D eigenvalue weighted by molar-refractivity contribution is 5.21. The van der Waals surface area contributed by atoms with Gasteiger partial charge in [-0.15, -0.1) is 0 Å². The summed E-state index contributed by atoms with van der Waals surface area (Å²) in [5.41, 5.74) is 3.09. The molecule has 1 saturated heterocycles. The summed E-state index contributed by atoms with van der Waals surface area (Å²) in [6.07, 6.45) is 6.78. The minimum Gasteiger partial charge on any atom is -0.306 e. The van der Waals surface area contributed by atoms with Crippen LogP contribution in [0.25, 0.3) is 0 Å². The largest absolute Gasteiger partial charge is 0.306 e. The second-order valence-electron chi connectivity index (χ2n) is 5.81. The molecule has 0 saturated carbocycles. The van der Waals surface area contributed by atoms with E-state index in [4.69, 9.17) is 0 Å². The third-order valence-electron chi connectivity index (χ3n) is 4.16. The van der Waals surface area contributed by atoms with Crippen molar-refractivity contribution < 1.29 is 4.39 Å². The van der Waals surface area contributed by atoms with E-state index >= 15 is 0 Å². The molecule has 110 valence electrons. The van der Waals surface area contributed by atoms with Gasteiger partial charge in [-0.2, -0.15) is 0 Å². The summed E-state index contributed by atoms with van der Waals surface area (Å²) in [4.78, 5) is 11.5. The molecule has 1 aromatic carbocycles. The van der Waals surface area contributed by atoms with E-state index in [-0.39, 0.29) is 5.82 Å². The van der Waals surface area contributed by atoms with Gasteiger partial charge in [-0.3, -0.25) is 9.97 Å². The molecule has 21 heavy (non-hydrogen) atoms. The highest BCUT2D eigenvalue weighted by Crippen LogP contribution is 2.25. The van der Waals surface area contributed by atoms with Crippen molar-refractivity contribution in [2.24, 2.45) is 0 Å². The molecule has 2 aromatic rings. The van der Waals surface area contributed by atoms with Crippen LogP contribution >= 0.6 is 0 Å². The molecule has 0 atom stereocenters. The van der Waals surface area contributed by atoms with Gasteiger partial charge in [0.1, 0.15) is 5.82 Å². The minimum atomic E-state index is -0.206. The number of aromatic nitrogens is 2. The molecular formula is C17H20FN3. The average molecular weight is 285 g/mol. The van der Waals surface area contributed by atoms with Crippen molar-refractivity contribution in [2.45, 2.75) is 25.2 Å². The molecule has 1 aliphatic heterocycles. The summed E-state index contributed by atoms with van der Waals surface area (Å²) in [5, 5.41) is 0. The van der Waals surface area contributed by atoms with E-state index < -0.39 is 0 Å². The lowest BCUT2D eigenvalue weighted by Crippen LogP contribution is -2.29. The van der Waals surface area contributed by atoms with Crippen LogP contribution in [-0.4, -0.2) is 35.0 Å². The number of halogens is 1. The summed E-state index contributed by atoms with van der Waals surface area (Å²) in [7, 11) is 2.16. The highest BCUT2D eigenvalue weighted by atomic mass is 19.1. The molecule has 0 radical (unpaired) electrons. The maximum Gasteiger partial charge on any atom is 0.123 e. The summed E-state index contributed by atoms with van der Waals surface area (Å²) in [6, 6.07) is 6.55. The van der Waals surface area contributed by atoms with E-state index in [1.807, 2.05) is 12.4 Å². The fourth-order valence-electron chi connectivity index (χ4n) is 2.78. The molecule has 0 N–H and O–H groups in total. The van der Waals surface area contributed by atoms with Gasteiger partial charge in [0.25, 0.3) is 0 Å². The Morgan fingerprint density at radius 2 is 1.81 bits per heavy atom. The Morgan fingerprint density at radius 1 is 1.10 bits per heavy atom. The summed E-state index contributed by atoms with van der Waals surface area (Å²) in [5.74, 6) is 0.330. The summed E-state index contributed by atoms with van der Waals surface area (Å²) >= 11 is 0. The van der Waals surface area contributed by atoms with Gasteiger partial charge in [-0.25, -0.2) is 4.39 Å². The average Bonchev–Trinajstić information content (AvgIpc) is 2.51. The Bertz CT molecular complexity index is 572. The van der Waals surface area contributed by atoms with Gasteiger partial charge in [0.15, 0.2) is 0 Å². The van der Waals surface area contributed by atoms with E-state index in [2.05, 4.69) is 21.9 Å². The predicted octanol–water partition coefficient (Wildman–Crippen LogP) is 3.02. The number of rotatable bonds is 3. The van der Waals surface area contributed by atoms with Crippen LogP contribution in [0.2, 0.25) is 0 Å². The molecular weight excluding hydrogens is 265 g/mol. The molecule has 2 heterocycles. The van der Waals surface area contributed by atoms with Crippen molar-refractivity contribution in [2.75, 3.05) is 20.1 Å². The lowest BCUT2D eigenvalue weighted by Gasteiger charge is -2.28. The Hall–Kier alpha value is -1.81. The zero-order valence-corrected chi connectivity index (χ0v) is 12.3. The van der Waals surface area contributed by atoms with Crippen molar-refractivity contribution >= 4 is 0 Å². The second kappa shape index (κ2) is 6.31. The number of hydrogen-bond acceptors (Lipinski definition) is 3. The topological polar surface area (TPSA) is 29.0 Å². The van der Waals surface area contributed by atoms with E-state index in [0.29, 0.717) is 12.3 Å². The molecule has 3 nitrogen and oxygen atoms in total. The lowest BCUT2D eigenvalue weighted by molar-refractivity contribution is 0.253. The number of piperidine rings is 1. The Kier molecular flexibility index (Phi) is 4.25. The van der Waals surface area contributed by atoms with Crippen molar-refractivity contribution in [1.29, 1.82) is 0 Å². The number of hydrogen-bond donors (Lipinski definition) is 0. The van der Waals surface area contributed by atoms with E-state index in [1.54, 1.807) is 12.1 Å². The van der Waals surface area contributed by atoms with Crippen molar-refractivity contribution in [3.63, 3.8) is 0 Å². The van der Waals surface area contributed by atoms with Crippen LogP contribution in [0, 0.1) is 5.82 Å². The van der Waals surface area contributed by atoms with Crippen LogP contribution in [0.5, 0.6) is 0 Å². The first kappa shape index (κ1) is 14.1. The highest BCUT2D eigenvalue weighted by Gasteiger charge is 2.19. The van der Waals surface area contributed by atoms with E-state index in [9.17, 15) is 4.39 Å². The smallest absolute Gasteiger partial charge is 0.123 e. The SMILES string of the molecule is CN1CCC(c2cnc(Cc3ccc(F)cc3)cn2)CC1. The quantitative estimate of drug-likeness (QED) is 0.868. The standard InChI is InChI=1S/C17H20FN3/c1-21-8-6-14(7-9-21)17-12-19-16(11-20-17)10-13-2-4-15(18)5-3-13/h2-5,11-12,14H,6-10H2,1H3. The molecule has 0 spiro atoms. The summed E-state index contributed by atoms with van der Waals surface area (Å²) in [6.45, 7) is 2.26. The molecule has 0 aliphatic carbocycles. The molecule has 1 aliphatic rings. The zero-order valence-electron chi connectivity index (χ0n) is 12.3. The van der Waals surface area contributed by atoms with Crippen molar-refractivity contribution in [3.05, 3.63) is 59.4 Å². The zero-order chi connectivity index (χ0) is 14.7. The first-order valence-corrected chi connectivity index (χ1v) is 7.44.